The molecule has 0 unspecified atom stereocenters. The van der Waals surface area contributed by atoms with Gasteiger partial charge >= 0.3 is 0 Å². The summed E-state index contributed by atoms with van der Waals surface area (Å²) in [4.78, 5) is 11.6. The van der Waals surface area contributed by atoms with E-state index in [0.717, 1.165) is 0 Å². The molecule has 0 saturated carbocycles. The molecule has 0 bridgehead atoms. The Morgan fingerprint density at radius 1 is 1.69 bits per heavy atom. The molecule has 1 rings (SSSR count). The quantitative estimate of drug-likeness (QED) is 0.740. The lowest BCUT2D eigenvalue weighted by atomic mass is 10.1. The van der Waals surface area contributed by atoms with Crippen LogP contribution in [0, 0.1) is 0 Å². The summed E-state index contributed by atoms with van der Waals surface area (Å²) in [5.41, 5.74) is 5.06. The average Bonchev–Trinajstić information content (AvgIpc) is 2.49. The van der Waals surface area contributed by atoms with Gasteiger partial charge in [-0.15, -0.1) is 0 Å². The molecule has 1 aromatic rings. The standard InChI is InChI=1S/C10H18N4O2/c1-10(2,7-16-3)12-9(15)6-14-5-4-8(11)13-14/h4-5H,6-7H2,1-3H3,(H2,11,13)(H,12,15). The predicted molar refractivity (Wildman–Crippen MR) is 60.7 cm³/mol. The minimum Gasteiger partial charge on any atom is -0.382 e. The number of nitrogens with two attached hydrogens (primary N) is 1. The second-order valence-corrected chi connectivity index (χ2v) is 4.30. The van der Waals surface area contributed by atoms with Crippen LogP contribution in [0.15, 0.2) is 12.3 Å². The number of nitrogens with one attached hydrogen (secondary N) is 1. The van der Waals surface area contributed by atoms with E-state index in [9.17, 15) is 4.79 Å². The molecule has 1 amide bonds. The van der Waals surface area contributed by atoms with Gasteiger partial charge in [0.15, 0.2) is 0 Å². The van der Waals surface area contributed by atoms with Gasteiger partial charge < -0.3 is 15.8 Å². The van der Waals surface area contributed by atoms with E-state index in [4.69, 9.17) is 10.5 Å². The van der Waals surface area contributed by atoms with Gasteiger partial charge in [-0.05, 0) is 19.9 Å². The van der Waals surface area contributed by atoms with E-state index in [1.807, 2.05) is 13.8 Å². The minimum absolute atomic E-state index is 0.120. The Morgan fingerprint density at radius 2 is 2.38 bits per heavy atom. The molecule has 0 radical (unpaired) electrons. The normalized spacial score (nSPS) is 11.4. The number of rotatable bonds is 5. The Balaban J connectivity index is 2.47. The summed E-state index contributed by atoms with van der Waals surface area (Å²) in [5, 5.41) is 6.78. The molecule has 0 aromatic carbocycles. The number of ether oxygens (including phenoxy) is 1. The Morgan fingerprint density at radius 3 is 2.88 bits per heavy atom. The Labute approximate surface area is 94.8 Å². The number of carbonyl (C=O) groups is 1. The van der Waals surface area contributed by atoms with Gasteiger partial charge in [-0.1, -0.05) is 0 Å². The Hall–Kier alpha value is -1.56. The van der Waals surface area contributed by atoms with Crippen molar-refractivity contribution in [1.82, 2.24) is 15.1 Å². The lowest BCUT2D eigenvalue weighted by Crippen LogP contribution is -2.48. The van der Waals surface area contributed by atoms with Gasteiger partial charge in [0.2, 0.25) is 5.91 Å². The number of aromatic nitrogens is 2. The zero-order valence-corrected chi connectivity index (χ0v) is 9.86. The number of methoxy groups -OCH3 is 1. The highest BCUT2D eigenvalue weighted by molar-refractivity contribution is 5.76. The maximum absolute atomic E-state index is 11.6. The molecule has 3 N–H and O–H groups in total. The van der Waals surface area contributed by atoms with Crippen molar-refractivity contribution in [2.75, 3.05) is 19.5 Å². The van der Waals surface area contributed by atoms with Crippen LogP contribution in [0.5, 0.6) is 0 Å². The van der Waals surface area contributed by atoms with Crippen molar-refractivity contribution < 1.29 is 9.53 Å². The highest BCUT2D eigenvalue weighted by Gasteiger charge is 2.20. The molecule has 0 fully saturated rings. The van der Waals surface area contributed by atoms with Crippen molar-refractivity contribution in [2.45, 2.75) is 25.9 Å². The van der Waals surface area contributed by atoms with E-state index in [-0.39, 0.29) is 18.0 Å². The largest absolute Gasteiger partial charge is 0.382 e. The van der Waals surface area contributed by atoms with Gasteiger partial charge in [-0.2, -0.15) is 5.10 Å². The van der Waals surface area contributed by atoms with Crippen LogP contribution in [-0.4, -0.2) is 34.9 Å². The molecule has 6 heteroatoms. The van der Waals surface area contributed by atoms with Crippen LogP contribution in [0.1, 0.15) is 13.8 Å². The van der Waals surface area contributed by atoms with Gasteiger partial charge in [-0.3, -0.25) is 9.48 Å². The van der Waals surface area contributed by atoms with Crippen molar-refractivity contribution in [3.8, 4) is 0 Å². The lowest BCUT2D eigenvalue weighted by Gasteiger charge is -2.25. The van der Waals surface area contributed by atoms with Crippen LogP contribution in [-0.2, 0) is 16.1 Å². The van der Waals surface area contributed by atoms with Gasteiger partial charge in [0.05, 0.1) is 12.1 Å². The molecule has 6 nitrogen and oxygen atoms in total. The topological polar surface area (TPSA) is 82.2 Å². The van der Waals surface area contributed by atoms with Crippen LogP contribution in [0.2, 0.25) is 0 Å². The third-order valence-corrected chi connectivity index (χ3v) is 1.95. The monoisotopic (exact) mass is 226 g/mol. The van der Waals surface area contributed by atoms with E-state index < -0.39 is 0 Å². The summed E-state index contributed by atoms with van der Waals surface area (Å²) in [5.74, 6) is 0.286. The molecule has 0 aliphatic heterocycles. The van der Waals surface area contributed by atoms with E-state index in [2.05, 4.69) is 10.4 Å². The number of nitrogens with zero attached hydrogens (tertiary/aromatic N) is 2. The molecule has 1 aromatic heterocycles. The molecule has 0 aliphatic rings. The second kappa shape index (κ2) is 4.98. The maximum Gasteiger partial charge on any atom is 0.242 e. The van der Waals surface area contributed by atoms with Crippen molar-refractivity contribution >= 4 is 11.7 Å². The maximum atomic E-state index is 11.6. The summed E-state index contributed by atoms with van der Waals surface area (Å²) in [7, 11) is 1.60. The van der Waals surface area contributed by atoms with Gasteiger partial charge in [0, 0.05) is 13.3 Å². The van der Waals surface area contributed by atoms with Gasteiger partial charge in [0.1, 0.15) is 12.4 Å². The fourth-order valence-corrected chi connectivity index (χ4v) is 1.43. The summed E-state index contributed by atoms with van der Waals surface area (Å²) in [6, 6.07) is 1.65. The van der Waals surface area contributed by atoms with Crippen molar-refractivity contribution in [3.63, 3.8) is 0 Å². The number of nitrogen functional groups attached to an aromatic ring is 1. The van der Waals surface area contributed by atoms with Crippen LogP contribution < -0.4 is 11.1 Å². The fraction of sp³-hybridized carbons (Fsp3) is 0.600. The smallest absolute Gasteiger partial charge is 0.242 e. The number of carbonyl (C=O) groups excluding carboxylic acids is 1. The Bertz CT molecular complexity index is 359. The van der Waals surface area contributed by atoms with Crippen LogP contribution in [0.4, 0.5) is 5.82 Å². The van der Waals surface area contributed by atoms with Crippen molar-refractivity contribution in [3.05, 3.63) is 12.3 Å². The van der Waals surface area contributed by atoms with Crippen LogP contribution >= 0.6 is 0 Å². The molecular formula is C10H18N4O2. The minimum atomic E-state index is -0.384. The molecule has 0 saturated heterocycles. The molecule has 1 heterocycles. The molecule has 90 valence electrons. The van der Waals surface area contributed by atoms with Crippen molar-refractivity contribution in [2.24, 2.45) is 0 Å². The van der Waals surface area contributed by atoms with E-state index >= 15 is 0 Å². The predicted octanol–water partition coefficient (Wildman–Crippen LogP) is 0.00650. The van der Waals surface area contributed by atoms with Gasteiger partial charge in [0.25, 0.3) is 0 Å². The van der Waals surface area contributed by atoms with Crippen LogP contribution in [0.3, 0.4) is 0 Å². The zero-order valence-electron chi connectivity index (χ0n) is 9.86. The first kappa shape index (κ1) is 12.5. The number of hydrogen-bond donors (Lipinski definition) is 2. The Kier molecular flexibility index (Phi) is 3.89. The molecule has 0 atom stereocenters. The first-order valence-electron chi connectivity index (χ1n) is 5.02. The summed E-state index contributed by atoms with van der Waals surface area (Å²) in [6.07, 6.45) is 1.66. The van der Waals surface area contributed by atoms with E-state index in [1.165, 1.54) is 4.68 Å². The van der Waals surface area contributed by atoms with Crippen molar-refractivity contribution in [1.29, 1.82) is 0 Å². The van der Waals surface area contributed by atoms with Crippen LogP contribution in [0.25, 0.3) is 0 Å². The highest BCUT2D eigenvalue weighted by Crippen LogP contribution is 2.02. The van der Waals surface area contributed by atoms with E-state index in [0.29, 0.717) is 12.4 Å². The first-order chi connectivity index (χ1) is 7.43. The first-order valence-corrected chi connectivity index (χ1v) is 5.02. The summed E-state index contributed by atoms with van der Waals surface area (Å²) < 4.78 is 6.50. The molecule has 0 aliphatic carbocycles. The highest BCUT2D eigenvalue weighted by atomic mass is 16.5. The molecular weight excluding hydrogens is 208 g/mol. The SMILES string of the molecule is COCC(C)(C)NC(=O)Cn1ccc(N)n1. The number of hydrogen-bond acceptors (Lipinski definition) is 4. The van der Waals surface area contributed by atoms with Gasteiger partial charge in [-0.25, -0.2) is 0 Å². The zero-order chi connectivity index (χ0) is 12.2. The third kappa shape index (κ3) is 3.90. The second-order valence-electron chi connectivity index (χ2n) is 4.30. The van der Waals surface area contributed by atoms with E-state index in [1.54, 1.807) is 19.4 Å². The summed E-state index contributed by atoms with van der Waals surface area (Å²) in [6.45, 7) is 4.40. The summed E-state index contributed by atoms with van der Waals surface area (Å²) >= 11 is 0. The third-order valence-electron chi connectivity index (χ3n) is 1.95. The molecule has 16 heavy (non-hydrogen) atoms. The molecule has 0 spiro atoms. The lowest BCUT2D eigenvalue weighted by molar-refractivity contribution is -0.124. The number of anilines is 1. The average molecular weight is 226 g/mol. The number of amides is 1. The fourth-order valence-electron chi connectivity index (χ4n) is 1.43.